The molecule has 4 N–H and O–H groups in total. The molecule has 3 aromatic rings. The van der Waals surface area contributed by atoms with Crippen LogP contribution in [0.1, 0.15) is 45.7 Å². The maximum atomic E-state index is 11.9. The number of furan rings is 1. The quantitative estimate of drug-likeness (QED) is 0.385. The molecule has 9 nitrogen and oxygen atoms in total. The summed E-state index contributed by atoms with van der Waals surface area (Å²) in [5, 5.41) is 33.0. The van der Waals surface area contributed by atoms with Crippen molar-refractivity contribution in [3.05, 3.63) is 64.5 Å². The van der Waals surface area contributed by atoms with Gasteiger partial charge in [-0.2, -0.15) is 0 Å². The van der Waals surface area contributed by atoms with Crippen molar-refractivity contribution in [2.24, 2.45) is 4.99 Å². The lowest BCUT2D eigenvalue weighted by molar-refractivity contribution is 0.0694. The van der Waals surface area contributed by atoms with Crippen LogP contribution in [0.5, 0.6) is 5.75 Å². The molecular formula is C28H26N4O5. The number of hydrogen-bond acceptors (Lipinski definition) is 8. The monoisotopic (exact) mass is 498 g/mol. The molecule has 1 aromatic carbocycles. The van der Waals surface area contributed by atoms with Crippen molar-refractivity contribution in [1.82, 2.24) is 9.88 Å². The summed E-state index contributed by atoms with van der Waals surface area (Å²) in [5.74, 6) is 5.02. The zero-order valence-electron chi connectivity index (χ0n) is 20.2. The second kappa shape index (κ2) is 10.3. The summed E-state index contributed by atoms with van der Waals surface area (Å²) < 4.78 is 5.76. The number of nitrogens with zero attached hydrogens (tertiary/aromatic N) is 3. The van der Waals surface area contributed by atoms with E-state index >= 15 is 0 Å². The van der Waals surface area contributed by atoms with E-state index in [2.05, 4.69) is 32.0 Å². The molecule has 0 unspecified atom stereocenters. The van der Waals surface area contributed by atoms with E-state index in [4.69, 9.17) is 4.42 Å². The van der Waals surface area contributed by atoms with E-state index in [1.807, 2.05) is 25.1 Å². The Kier molecular flexibility index (Phi) is 6.77. The Morgan fingerprint density at radius 1 is 1.30 bits per heavy atom. The van der Waals surface area contributed by atoms with Gasteiger partial charge in [0.15, 0.2) is 22.9 Å². The summed E-state index contributed by atoms with van der Waals surface area (Å²) in [6.07, 6.45) is 6.11. The third-order valence-corrected chi connectivity index (χ3v) is 6.40. The Morgan fingerprint density at radius 3 is 2.86 bits per heavy atom. The van der Waals surface area contributed by atoms with Crippen LogP contribution in [0.25, 0.3) is 11.6 Å². The molecule has 4 heterocycles. The van der Waals surface area contributed by atoms with Gasteiger partial charge in [-0.25, -0.2) is 14.8 Å². The molecule has 188 valence electrons. The van der Waals surface area contributed by atoms with Crippen LogP contribution in [0.4, 0.5) is 17.4 Å². The molecule has 1 fully saturated rings. The number of aryl methyl sites for hydroxylation is 1. The number of hydrogen-bond donors (Lipinski definition) is 4. The summed E-state index contributed by atoms with van der Waals surface area (Å²) in [7, 11) is 0. The minimum Gasteiger partial charge on any atom is -0.504 e. The lowest BCUT2D eigenvalue weighted by atomic mass is 10.1. The van der Waals surface area contributed by atoms with E-state index in [0.717, 1.165) is 42.6 Å². The van der Waals surface area contributed by atoms with Crippen LogP contribution >= 0.6 is 0 Å². The summed E-state index contributed by atoms with van der Waals surface area (Å²) in [6, 6.07) is 9.15. The molecule has 0 radical (unpaired) electrons. The number of pyridine rings is 1. The number of nitrogens with one attached hydrogen (secondary N) is 1. The first-order valence-electron chi connectivity index (χ1n) is 12.0. The molecule has 1 saturated heterocycles. The van der Waals surface area contributed by atoms with Gasteiger partial charge in [0, 0.05) is 47.9 Å². The predicted octanol–water partition coefficient (Wildman–Crippen LogP) is 4.20. The van der Waals surface area contributed by atoms with Crippen LogP contribution in [0.2, 0.25) is 0 Å². The maximum absolute atomic E-state index is 11.9. The van der Waals surface area contributed by atoms with Crippen LogP contribution in [-0.4, -0.2) is 63.1 Å². The zero-order chi connectivity index (χ0) is 25.9. The van der Waals surface area contributed by atoms with Crippen LogP contribution in [0, 0.1) is 18.8 Å². The van der Waals surface area contributed by atoms with Crippen LogP contribution in [-0.2, 0) is 0 Å². The van der Waals surface area contributed by atoms with Gasteiger partial charge in [0.25, 0.3) is 0 Å². The van der Waals surface area contributed by atoms with Crippen molar-refractivity contribution in [2.75, 3.05) is 25.0 Å². The van der Waals surface area contributed by atoms with Gasteiger partial charge >= 0.3 is 5.97 Å². The number of aliphatic hydroxyl groups excluding tert-OH is 1. The number of rotatable bonds is 5. The fraction of sp³-hybridized carbons (Fsp3) is 0.250. The number of fused-ring (bicyclic) bond motifs is 1. The fourth-order valence-corrected chi connectivity index (χ4v) is 4.34. The number of aromatic nitrogens is 1. The van der Waals surface area contributed by atoms with Crippen LogP contribution < -0.4 is 5.32 Å². The maximum Gasteiger partial charge on any atom is 0.345 e. The molecule has 0 saturated carbocycles. The van der Waals surface area contributed by atoms with Crippen molar-refractivity contribution in [2.45, 2.75) is 25.9 Å². The number of allylic oxidation sites excluding steroid dienone is 1. The Morgan fingerprint density at radius 2 is 2.11 bits per heavy atom. The van der Waals surface area contributed by atoms with Gasteiger partial charge in [0.2, 0.25) is 5.88 Å². The Bertz CT molecular complexity index is 1470. The molecule has 5 rings (SSSR count). The third-order valence-electron chi connectivity index (χ3n) is 6.40. The van der Waals surface area contributed by atoms with E-state index in [-0.39, 0.29) is 23.3 Å². The summed E-state index contributed by atoms with van der Waals surface area (Å²) >= 11 is 0. The fourth-order valence-electron chi connectivity index (χ4n) is 4.34. The standard InChI is InChI=1S/C28H26N4O5/c1-17-14-18(4-3-11-32-12-8-20(33)9-13-32)6-7-22(17)31-27-24(28(35)36)25(34)23(37-27)15-19-16-30-26-21(19)5-2-10-29-26/h2,5-7,10,14-16,20,31,33-34H,8-9,11-13H2,1H3,(H,35,36). The normalized spacial score (nSPS) is 16.4. The van der Waals surface area contributed by atoms with Gasteiger partial charge < -0.3 is 25.1 Å². The second-order valence-electron chi connectivity index (χ2n) is 9.02. The zero-order valence-corrected chi connectivity index (χ0v) is 20.2. The Labute approximate surface area is 213 Å². The van der Waals surface area contributed by atoms with Gasteiger partial charge in [-0.05, 0) is 61.7 Å². The largest absolute Gasteiger partial charge is 0.504 e. The smallest absolute Gasteiger partial charge is 0.345 e. The van der Waals surface area contributed by atoms with Crippen LogP contribution in [0.15, 0.2) is 45.9 Å². The predicted molar refractivity (Wildman–Crippen MR) is 141 cm³/mol. The summed E-state index contributed by atoms with van der Waals surface area (Å²) in [6.45, 7) is 4.20. The molecule has 0 amide bonds. The van der Waals surface area contributed by atoms with E-state index in [1.54, 1.807) is 30.6 Å². The molecule has 0 spiro atoms. The molecule has 2 aliphatic heterocycles. The number of carboxylic acid groups (broad SMARTS) is 1. The average Bonchev–Trinajstić information content (AvgIpc) is 3.42. The minimum absolute atomic E-state index is 0.00317. The minimum atomic E-state index is -1.32. The van der Waals surface area contributed by atoms with Crippen molar-refractivity contribution >= 4 is 41.2 Å². The topological polar surface area (TPSA) is 131 Å². The molecule has 2 aromatic heterocycles. The van der Waals surface area contributed by atoms with Crippen molar-refractivity contribution in [3.63, 3.8) is 0 Å². The number of aliphatic imine (C=N–C) groups is 1. The summed E-state index contributed by atoms with van der Waals surface area (Å²) in [4.78, 5) is 22.6. The first kappa shape index (κ1) is 24.3. The lowest BCUT2D eigenvalue weighted by Gasteiger charge is -2.27. The number of piperidine rings is 1. The number of anilines is 2. The Hall–Kier alpha value is -4.39. The average molecular weight is 499 g/mol. The molecule has 2 aliphatic rings. The number of carboxylic acids is 1. The van der Waals surface area contributed by atoms with E-state index in [1.165, 1.54) is 0 Å². The van der Waals surface area contributed by atoms with Gasteiger partial charge in [-0.3, -0.25) is 4.90 Å². The molecule has 9 heteroatoms. The number of aromatic carboxylic acids is 1. The van der Waals surface area contributed by atoms with E-state index in [0.29, 0.717) is 23.6 Å². The molecule has 0 bridgehead atoms. The van der Waals surface area contributed by atoms with Gasteiger partial charge in [0.1, 0.15) is 0 Å². The van der Waals surface area contributed by atoms with E-state index < -0.39 is 11.7 Å². The van der Waals surface area contributed by atoms with E-state index in [9.17, 15) is 20.1 Å². The molecule has 0 aliphatic carbocycles. The van der Waals surface area contributed by atoms with Gasteiger partial charge in [-0.1, -0.05) is 11.8 Å². The SMILES string of the molecule is Cc1cc(C#CCN2CCC(O)CC2)ccc1Nc1oc(C=C2C=Nc3ncccc32)c(O)c1C(=O)O. The Balaban J connectivity index is 1.35. The lowest BCUT2D eigenvalue weighted by Crippen LogP contribution is -2.35. The highest BCUT2D eigenvalue weighted by molar-refractivity contribution is 6.21. The molecule has 0 atom stereocenters. The molecular weight excluding hydrogens is 472 g/mol. The van der Waals surface area contributed by atoms with Crippen molar-refractivity contribution < 1.29 is 24.5 Å². The van der Waals surface area contributed by atoms with Crippen molar-refractivity contribution in [1.29, 1.82) is 0 Å². The number of carbonyl (C=O) groups is 1. The number of aromatic hydroxyl groups is 1. The first-order chi connectivity index (χ1) is 17.9. The van der Waals surface area contributed by atoms with Crippen LogP contribution in [0.3, 0.4) is 0 Å². The summed E-state index contributed by atoms with van der Waals surface area (Å²) in [5.41, 5.74) is 3.35. The van der Waals surface area contributed by atoms with Gasteiger partial charge in [-0.15, -0.1) is 0 Å². The number of aliphatic hydroxyl groups is 1. The number of likely N-dealkylation sites (tertiary alicyclic amines) is 1. The third kappa shape index (κ3) is 5.26. The van der Waals surface area contributed by atoms with Gasteiger partial charge in [0.05, 0.1) is 12.6 Å². The van der Waals surface area contributed by atoms with Crippen molar-refractivity contribution in [3.8, 4) is 17.6 Å². The highest BCUT2D eigenvalue weighted by Gasteiger charge is 2.26. The number of benzene rings is 1. The first-order valence-corrected chi connectivity index (χ1v) is 12.0. The second-order valence-corrected chi connectivity index (χ2v) is 9.02. The molecule has 37 heavy (non-hydrogen) atoms. The highest BCUT2D eigenvalue weighted by atomic mass is 16.4. The highest BCUT2D eigenvalue weighted by Crippen LogP contribution is 2.39.